The molecule has 4 rings (SSSR count). The summed E-state index contributed by atoms with van der Waals surface area (Å²) < 4.78 is 51.0. The van der Waals surface area contributed by atoms with Gasteiger partial charge in [-0.1, -0.05) is 12.1 Å². The van der Waals surface area contributed by atoms with Gasteiger partial charge in [-0.05, 0) is 54.1 Å². The van der Waals surface area contributed by atoms with Crippen LogP contribution in [0, 0.1) is 17.5 Å². The first-order valence-electron chi connectivity index (χ1n) is 9.64. The van der Waals surface area contributed by atoms with E-state index in [9.17, 15) is 28.2 Å². The number of aromatic hydroxyl groups is 1. The fraction of sp³-hybridized carbons (Fsp3) is 0.174. The number of hydrogen-bond acceptors (Lipinski definition) is 5. The van der Waals surface area contributed by atoms with Gasteiger partial charge in [-0.15, -0.1) is 0 Å². The van der Waals surface area contributed by atoms with Crippen molar-refractivity contribution in [1.29, 1.82) is 0 Å². The zero-order chi connectivity index (χ0) is 22.8. The summed E-state index contributed by atoms with van der Waals surface area (Å²) in [5.74, 6) is -2.48. The highest BCUT2D eigenvalue weighted by Crippen LogP contribution is 2.39. The summed E-state index contributed by atoms with van der Waals surface area (Å²) in [6, 6.07) is 13.0. The van der Waals surface area contributed by atoms with Crippen molar-refractivity contribution in [2.45, 2.75) is 18.2 Å². The molecule has 1 amide bonds. The summed E-state index contributed by atoms with van der Waals surface area (Å²) in [5.41, 5.74) is 0.852. The molecule has 0 saturated carbocycles. The maximum absolute atomic E-state index is 13.8. The summed E-state index contributed by atoms with van der Waals surface area (Å²) >= 11 is 0. The Kier molecular flexibility index (Phi) is 5.91. The summed E-state index contributed by atoms with van der Waals surface area (Å²) in [7, 11) is 0. The number of ether oxygens (including phenoxy) is 2. The number of phenols is 1. The summed E-state index contributed by atoms with van der Waals surface area (Å²) in [6.45, 7) is -0.452. The highest BCUT2D eigenvalue weighted by atomic mass is 19.1. The molecule has 1 saturated heterocycles. The van der Waals surface area contributed by atoms with Crippen LogP contribution in [0.3, 0.4) is 0 Å². The molecule has 9 heteroatoms. The zero-order valence-electron chi connectivity index (χ0n) is 16.5. The summed E-state index contributed by atoms with van der Waals surface area (Å²) in [6.07, 6.45) is -3.32. The number of phenolic OH excluding ortho intramolecular Hbond substituents is 1. The number of amides is 1. The van der Waals surface area contributed by atoms with E-state index in [2.05, 4.69) is 0 Å². The van der Waals surface area contributed by atoms with Crippen molar-refractivity contribution in [2.75, 3.05) is 11.5 Å². The molecule has 6 nitrogen and oxygen atoms in total. The number of carbonyl (C=O) groups excluding carboxylic acids is 1. The van der Waals surface area contributed by atoms with Crippen LogP contribution in [0.2, 0.25) is 0 Å². The Morgan fingerprint density at radius 2 is 1.62 bits per heavy atom. The van der Waals surface area contributed by atoms with Gasteiger partial charge in [-0.2, -0.15) is 0 Å². The van der Waals surface area contributed by atoms with E-state index in [1.807, 2.05) is 0 Å². The summed E-state index contributed by atoms with van der Waals surface area (Å²) in [4.78, 5) is 13.9. The standard InChI is InChI=1S/C23H18F3NO5/c24-14-3-6-16(7-4-14)27-21(13-1-8-17(28)9-2-13)22(32-23(27)30)19(29)12-31-20-10-5-15(25)11-18(20)26/h1-11,19,21-22,28-29H,12H2/t19?,21-,22?/m1/s1. The molecular weight excluding hydrogens is 427 g/mol. The minimum atomic E-state index is -1.40. The lowest BCUT2D eigenvalue weighted by Crippen LogP contribution is -2.38. The molecule has 1 aliphatic rings. The maximum Gasteiger partial charge on any atom is 0.415 e. The molecule has 1 heterocycles. The average molecular weight is 445 g/mol. The minimum absolute atomic E-state index is 0.000425. The van der Waals surface area contributed by atoms with Gasteiger partial charge >= 0.3 is 6.09 Å². The van der Waals surface area contributed by atoms with Crippen LogP contribution in [0.5, 0.6) is 11.5 Å². The second kappa shape index (κ2) is 8.80. The van der Waals surface area contributed by atoms with E-state index < -0.39 is 48.4 Å². The molecule has 3 aromatic rings. The van der Waals surface area contributed by atoms with Gasteiger partial charge in [0.2, 0.25) is 0 Å². The highest BCUT2D eigenvalue weighted by molar-refractivity contribution is 5.91. The van der Waals surface area contributed by atoms with Crippen molar-refractivity contribution in [3.05, 3.63) is 89.7 Å². The number of anilines is 1. The van der Waals surface area contributed by atoms with Crippen LogP contribution >= 0.6 is 0 Å². The monoisotopic (exact) mass is 445 g/mol. The van der Waals surface area contributed by atoms with Crippen molar-refractivity contribution in [3.8, 4) is 11.5 Å². The summed E-state index contributed by atoms with van der Waals surface area (Å²) in [5, 5.41) is 20.3. The molecule has 0 aliphatic carbocycles. The normalized spacial score (nSPS) is 19.0. The number of carbonyl (C=O) groups is 1. The van der Waals surface area contributed by atoms with Crippen LogP contribution in [-0.2, 0) is 4.74 Å². The van der Waals surface area contributed by atoms with E-state index >= 15 is 0 Å². The van der Waals surface area contributed by atoms with Gasteiger partial charge in [0.05, 0.1) is 0 Å². The fourth-order valence-electron chi connectivity index (χ4n) is 3.53. The van der Waals surface area contributed by atoms with Crippen molar-refractivity contribution in [3.63, 3.8) is 0 Å². The Morgan fingerprint density at radius 3 is 2.28 bits per heavy atom. The molecule has 166 valence electrons. The number of aliphatic hydroxyl groups is 1. The van der Waals surface area contributed by atoms with Crippen LogP contribution in [0.25, 0.3) is 0 Å². The number of hydrogen-bond donors (Lipinski definition) is 2. The molecule has 1 aliphatic heterocycles. The number of nitrogens with zero attached hydrogens (tertiary/aromatic N) is 1. The van der Waals surface area contributed by atoms with Gasteiger partial charge in [0.25, 0.3) is 0 Å². The third-order valence-electron chi connectivity index (χ3n) is 5.05. The van der Waals surface area contributed by atoms with Gasteiger partial charge in [0.15, 0.2) is 17.7 Å². The van der Waals surface area contributed by atoms with E-state index in [0.29, 0.717) is 17.3 Å². The first kappa shape index (κ1) is 21.5. The van der Waals surface area contributed by atoms with E-state index in [4.69, 9.17) is 9.47 Å². The van der Waals surface area contributed by atoms with E-state index in [1.54, 1.807) is 12.1 Å². The molecule has 1 fully saturated rings. The Balaban J connectivity index is 1.62. The highest BCUT2D eigenvalue weighted by Gasteiger charge is 2.47. The first-order chi connectivity index (χ1) is 15.3. The van der Waals surface area contributed by atoms with Gasteiger partial charge in [0, 0.05) is 11.8 Å². The van der Waals surface area contributed by atoms with Gasteiger partial charge in [-0.3, -0.25) is 4.90 Å². The number of halogens is 3. The van der Waals surface area contributed by atoms with Gasteiger partial charge < -0.3 is 19.7 Å². The molecule has 3 atom stereocenters. The maximum atomic E-state index is 13.8. The average Bonchev–Trinajstić information content (AvgIpc) is 3.11. The van der Waals surface area contributed by atoms with Gasteiger partial charge in [0.1, 0.15) is 36.1 Å². The lowest BCUT2D eigenvalue weighted by Gasteiger charge is -2.27. The third-order valence-corrected chi connectivity index (χ3v) is 5.05. The van der Waals surface area contributed by atoms with Crippen molar-refractivity contribution < 1.29 is 37.7 Å². The largest absolute Gasteiger partial charge is 0.508 e. The molecule has 2 N–H and O–H groups in total. The molecule has 0 bridgehead atoms. The predicted molar refractivity (Wildman–Crippen MR) is 108 cm³/mol. The van der Waals surface area contributed by atoms with Crippen molar-refractivity contribution in [1.82, 2.24) is 0 Å². The first-order valence-corrected chi connectivity index (χ1v) is 9.64. The quantitative estimate of drug-likeness (QED) is 0.591. The number of rotatable bonds is 6. The topological polar surface area (TPSA) is 79.2 Å². The van der Waals surface area contributed by atoms with E-state index in [-0.39, 0.29) is 11.5 Å². The molecule has 3 aromatic carbocycles. The molecule has 0 radical (unpaired) electrons. The van der Waals surface area contributed by atoms with Crippen molar-refractivity contribution in [2.24, 2.45) is 0 Å². The molecule has 0 aromatic heterocycles. The van der Waals surface area contributed by atoms with E-state index in [1.165, 1.54) is 41.3 Å². The molecular formula is C23H18F3NO5. The molecule has 0 spiro atoms. The van der Waals surface area contributed by atoms with Gasteiger partial charge in [-0.25, -0.2) is 18.0 Å². The Hall–Kier alpha value is -3.72. The molecule has 32 heavy (non-hydrogen) atoms. The second-order valence-electron chi connectivity index (χ2n) is 7.18. The second-order valence-corrected chi connectivity index (χ2v) is 7.18. The smallest absolute Gasteiger partial charge is 0.415 e. The SMILES string of the molecule is O=C1OC(C(O)COc2ccc(F)cc2F)[C@@H](c2ccc(O)cc2)N1c1ccc(F)cc1. The molecule has 2 unspecified atom stereocenters. The predicted octanol–water partition coefficient (Wildman–Crippen LogP) is 4.32. The van der Waals surface area contributed by atoms with Crippen LogP contribution < -0.4 is 9.64 Å². The number of benzene rings is 3. The number of cyclic esters (lactones) is 1. The lowest BCUT2D eigenvalue weighted by atomic mass is 9.96. The Bertz CT molecular complexity index is 1110. The van der Waals surface area contributed by atoms with Crippen LogP contribution in [-0.4, -0.2) is 35.1 Å². The zero-order valence-corrected chi connectivity index (χ0v) is 16.5. The van der Waals surface area contributed by atoms with Crippen LogP contribution in [0.1, 0.15) is 11.6 Å². The lowest BCUT2D eigenvalue weighted by molar-refractivity contribution is -0.00715. The minimum Gasteiger partial charge on any atom is -0.508 e. The van der Waals surface area contributed by atoms with Crippen LogP contribution in [0.15, 0.2) is 66.7 Å². The number of aliphatic hydroxyl groups excluding tert-OH is 1. The third kappa shape index (κ3) is 4.33. The van der Waals surface area contributed by atoms with E-state index in [0.717, 1.165) is 12.1 Å². The fourth-order valence-corrected chi connectivity index (χ4v) is 3.53. The van der Waals surface area contributed by atoms with Crippen molar-refractivity contribution >= 4 is 11.8 Å². The Morgan fingerprint density at radius 1 is 0.969 bits per heavy atom. The Labute approximate surface area is 181 Å². The van der Waals surface area contributed by atoms with Crippen LogP contribution in [0.4, 0.5) is 23.7 Å².